The molecule has 2 aromatic heterocycles. The van der Waals surface area contributed by atoms with E-state index in [1.54, 1.807) is 0 Å². The van der Waals surface area contributed by atoms with Gasteiger partial charge in [-0.2, -0.15) is 0 Å². The van der Waals surface area contributed by atoms with E-state index in [0.717, 1.165) is 6.54 Å². The number of benzene rings is 2. The standard InChI is InChI=1S/C17H13NS/c1-2-11-18-14-9-5-3-7-12(14)16-13-8-4-6-10-15(13)19-17(16)18/h2-10H,1,11H2. The highest BCUT2D eigenvalue weighted by Gasteiger charge is 2.14. The number of thiophene rings is 1. The molecule has 2 heterocycles. The molecule has 4 aromatic rings. The molecule has 0 aliphatic rings. The van der Waals surface area contributed by atoms with Gasteiger partial charge < -0.3 is 4.57 Å². The van der Waals surface area contributed by atoms with E-state index in [0.29, 0.717) is 0 Å². The van der Waals surface area contributed by atoms with Gasteiger partial charge in [-0.1, -0.05) is 42.5 Å². The van der Waals surface area contributed by atoms with Gasteiger partial charge >= 0.3 is 0 Å². The number of aromatic nitrogens is 1. The molecule has 0 fully saturated rings. The van der Waals surface area contributed by atoms with Crippen molar-refractivity contribution in [2.75, 3.05) is 0 Å². The van der Waals surface area contributed by atoms with Gasteiger partial charge in [-0.25, -0.2) is 0 Å². The molecule has 2 heteroatoms. The Kier molecular flexibility index (Phi) is 2.26. The van der Waals surface area contributed by atoms with Crippen LogP contribution in [0.3, 0.4) is 0 Å². The summed E-state index contributed by atoms with van der Waals surface area (Å²) in [7, 11) is 0. The number of hydrogen-bond acceptors (Lipinski definition) is 1. The molecule has 0 amide bonds. The van der Waals surface area contributed by atoms with Gasteiger partial charge in [0, 0.05) is 27.4 Å². The average Bonchev–Trinajstić information content (AvgIpc) is 2.96. The van der Waals surface area contributed by atoms with Crippen LogP contribution in [-0.4, -0.2) is 4.57 Å². The van der Waals surface area contributed by atoms with Crippen LogP contribution in [0.25, 0.3) is 31.2 Å². The SMILES string of the molecule is C=CCn1c2ccccc2c2c3ccccc3sc21. The lowest BCUT2D eigenvalue weighted by molar-refractivity contribution is 0.908. The molecule has 0 aliphatic heterocycles. The number of nitrogens with zero attached hydrogens (tertiary/aromatic N) is 1. The highest BCUT2D eigenvalue weighted by Crippen LogP contribution is 2.40. The van der Waals surface area contributed by atoms with E-state index < -0.39 is 0 Å². The lowest BCUT2D eigenvalue weighted by atomic mass is 10.1. The number of rotatable bonds is 2. The van der Waals surface area contributed by atoms with Gasteiger partial charge in [0.25, 0.3) is 0 Å². The molecular weight excluding hydrogens is 250 g/mol. The summed E-state index contributed by atoms with van der Waals surface area (Å²) in [5.74, 6) is 0. The summed E-state index contributed by atoms with van der Waals surface area (Å²) in [6, 6.07) is 17.3. The first kappa shape index (κ1) is 10.8. The maximum absolute atomic E-state index is 3.89. The number of para-hydroxylation sites is 1. The van der Waals surface area contributed by atoms with Crippen LogP contribution in [-0.2, 0) is 6.54 Å². The number of fused-ring (bicyclic) bond motifs is 5. The van der Waals surface area contributed by atoms with Crippen LogP contribution in [0.2, 0.25) is 0 Å². The van der Waals surface area contributed by atoms with Crippen LogP contribution in [0.4, 0.5) is 0 Å². The highest BCUT2D eigenvalue weighted by molar-refractivity contribution is 7.25. The van der Waals surface area contributed by atoms with Crippen LogP contribution in [0.15, 0.2) is 61.2 Å². The van der Waals surface area contributed by atoms with Crippen molar-refractivity contribution in [3.05, 3.63) is 61.2 Å². The quantitative estimate of drug-likeness (QED) is 0.438. The minimum Gasteiger partial charge on any atom is -0.328 e. The summed E-state index contributed by atoms with van der Waals surface area (Å²) < 4.78 is 3.72. The van der Waals surface area contributed by atoms with Crippen LogP contribution in [0.1, 0.15) is 0 Å². The van der Waals surface area contributed by atoms with Gasteiger partial charge in [-0.3, -0.25) is 0 Å². The molecule has 0 N–H and O–H groups in total. The average molecular weight is 263 g/mol. The van der Waals surface area contributed by atoms with Crippen LogP contribution in [0.5, 0.6) is 0 Å². The van der Waals surface area contributed by atoms with E-state index in [-0.39, 0.29) is 0 Å². The van der Waals surface area contributed by atoms with Crippen molar-refractivity contribution < 1.29 is 0 Å². The Bertz CT molecular complexity index is 911. The van der Waals surface area contributed by atoms with E-state index in [9.17, 15) is 0 Å². The molecular formula is C17H13NS. The Hall–Kier alpha value is -2.06. The topological polar surface area (TPSA) is 4.93 Å². The summed E-state index contributed by atoms with van der Waals surface area (Å²) in [6.45, 7) is 4.74. The summed E-state index contributed by atoms with van der Waals surface area (Å²) in [4.78, 5) is 1.35. The van der Waals surface area contributed by atoms with Crippen molar-refractivity contribution in [1.82, 2.24) is 4.57 Å². The molecule has 0 saturated heterocycles. The van der Waals surface area contributed by atoms with E-state index in [1.807, 2.05) is 17.4 Å². The van der Waals surface area contributed by atoms with Crippen LogP contribution >= 0.6 is 11.3 Å². The Morgan fingerprint density at radius 3 is 2.58 bits per heavy atom. The molecule has 19 heavy (non-hydrogen) atoms. The second-order valence-electron chi connectivity index (χ2n) is 4.69. The molecule has 0 bridgehead atoms. The largest absolute Gasteiger partial charge is 0.328 e. The second kappa shape index (κ2) is 3.97. The predicted molar refractivity (Wildman–Crippen MR) is 85.0 cm³/mol. The maximum atomic E-state index is 3.89. The molecule has 0 unspecified atom stereocenters. The van der Waals surface area contributed by atoms with Crippen molar-refractivity contribution in [1.29, 1.82) is 0 Å². The summed E-state index contributed by atoms with van der Waals surface area (Å²) >= 11 is 1.87. The van der Waals surface area contributed by atoms with Crippen molar-refractivity contribution in [2.45, 2.75) is 6.54 Å². The summed E-state index contributed by atoms with van der Waals surface area (Å²) in [6.07, 6.45) is 1.97. The first-order valence-electron chi connectivity index (χ1n) is 6.39. The van der Waals surface area contributed by atoms with Crippen LogP contribution < -0.4 is 0 Å². The van der Waals surface area contributed by atoms with Crippen molar-refractivity contribution in [3.63, 3.8) is 0 Å². The third-order valence-corrected chi connectivity index (χ3v) is 4.79. The highest BCUT2D eigenvalue weighted by atomic mass is 32.1. The Morgan fingerprint density at radius 2 is 1.74 bits per heavy atom. The zero-order chi connectivity index (χ0) is 12.8. The van der Waals surface area contributed by atoms with E-state index in [2.05, 4.69) is 59.7 Å². The van der Waals surface area contributed by atoms with Crippen molar-refractivity contribution in [3.8, 4) is 0 Å². The predicted octanol–water partition coefficient (Wildman–Crippen LogP) is 5.20. The molecule has 0 radical (unpaired) electrons. The van der Waals surface area contributed by atoms with E-state index >= 15 is 0 Å². The fraction of sp³-hybridized carbons (Fsp3) is 0.0588. The Morgan fingerprint density at radius 1 is 1.00 bits per heavy atom. The number of allylic oxidation sites excluding steroid dienone is 1. The molecule has 0 spiro atoms. The van der Waals surface area contributed by atoms with Gasteiger partial charge in [0.15, 0.2) is 0 Å². The van der Waals surface area contributed by atoms with Gasteiger partial charge in [0.05, 0.1) is 5.52 Å². The zero-order valence-electron chi connectivity index (χ0n) is 10.5. The van der Waals surface area contributed by atoms with Gasteiger partial charge in [0.1, 0.15) is 4.83 Å². The molecule has 92 valence electrons. The third kappa shape index (κ3) is 1.41. The van der Waals surface area contributed by atoms with Gasteiger partial charge in [-0.05, 0) is 12.1 Å². The summed E-state index contributed by atoms with van der Waals surface area (Å²) in [5.41, 5.74) is 1.30. The normalized spacial score (nSPS) is 11.6. The first-order valence-corrected chi connectivity index (χ1v) is 7.21. The minimum atomic E-state index is 0.858. The monoisotopic (exact) mass is 263 g/mol. The lowest BCUT2D eigenvalue weighted by Gasteiger charge is -2.01. The molecule has 0 atom stereocenters. The minimum absolute atomic E-state index is 0.858. The molecule has 4 rings (SSSR count). The second-order valence-corrected chi connectivity index (χ2v) is 5.73. The molecule has 2 aromatic carbocycles. The van der Waals surface area contributed by atoms with Crippen LogP contribution in [0, 0.1) is 0 Å². The van der Waals surface area contributed by atoms with Gasteiger partial charge in [-0.15, -0.1) is 17.9 Å². The Balaban J connectivity index is 2.30. The molecule has 1 nitrogen and oxygen atoms in total. The first-order chi connectivity index (χ1) is 9.40. The number of hydrogen-bond donors (Lipinski definition) is 0. The lowest BCUT2D eigenvalue weighted by Crippen LogP contribution is -1.91. The van der Waals surface area contributed by atoms with E-state index in [4.69, 9.17) is 0 Å². The maximum Gasteiger partial charge on any atom is 0.105 e. The van der Waals surface area contributed by atoms with Crippen molar-refractivity contribution in [2.24, 2.45) is 0 Å². The van der Waals surface area contributed by atoms with Crippen molar-refractivity contribution >= 4 is 42.5 Å². The third-order valence-electron chi connectivity index (χ3n) is 3.60. The molecule has 0 saturated carbocycles. The fourth-order valence-corrected chi connectivity index (χ4v) is 4.06. The van der Waals surface area contributed by atoms with E-state index in [1.165, 1.54) is 31.2 Å². The zero-order valence-corrected chi connectivity index (χ0v) is 11.3. The van der Waals surface area contributed by atoms with Gasteiger partial charge in [0.2, 0.25) is 0 Å². The molecule has 0 aliphatic carbocycles. The Labute approximate surface area is 115 Å². The smallest absolute Gasteiger partial charge is 0.105 e. The summed E-state index contributed by atoms with van der Waals surface area (Å²) in [5, 5.41) is 4.09. The fourth-order valence-electron chi connectivity index (χ4n) is 2.82.